The van der Waals surface area contributed by atoms with Crippen molar-refractivity contribution >= 4 is 22.9 Å². The summed E-state index contributed by atoms with van der Waals surface area (Å²) in [4.78, 5) is 29.4. The van der Waals surface area contributed by atoms with Gasteiger partial charge in [0.05, 0.1) is 22.3 Å². The van der Waals surface area contributed by atoms with E-state index in [0.29, 0.717) is 33.6 Å². The van der Waals surface area contributed by atoms with E-state index >= 15 is 0 Å². The summed E-state index contributed by atoms with van der Waals surface area (Å²) in [5, 5.41) is 10.1. The number of nitrogens with zero attached hydrogens (tertiary/aromatic N) is 2. The average molecular weight is 400 g/mol. The van der Waals surface area contributed by atoms with Gasteiger partial charge in [-0.25, -0.2) is 4.98 Å². The van der Waals surface area contributed by atoms with Crippen molar-refractivity contribution in [3.63, 3.8) is 0 Å². The second-order valence-electron chi connectivity index (χ2n) is 6.83. The quantitative estimate of drug-likeness (QED) is 0.535. The Kier molecular flexibility index (Phi) is 5.26. The highest BCUT2D eigenvalue weighted by atomic mass is 16.5. The van der Waals surface area contributed by atoms with E-state index in [-0.39, 0.29) is 18.4 Å². The number of benzene rings is 2. The van der Waals surface area contributed by atoms with Crippen molar-refractivity contribution in [1.29, 1.82) is 0 Å². The fourth-order valence-corrected chi connectivity index (χ4v) is 3.28. The number of rotatable bonds is 5. The number of aryl methyl sites for hydroxylation is 1. The minimum atomic E-state index is -0.267. The monoisotopic (exact) mass is 400 g/mol. The van der Waals surface area contributed by atoms with Crippen LogP contribution in [0.15, 0.2) is 65.2 Å². The Balaban J connectivity index is 1.64. The normalized spacial score (nSPS) is 10.7. The lowest BCUT2D eigenvalue weighted by Gasteiger charge is -2.09. The van der Waals surface area contributed by atoms with E-state index in [1.807, 2.05) is 36.4 Å². The van der Waals surface area contributed by atoms with Crippen LogP contribution in [0.4, 0.5) is 0 Å². The van der Waals surface area contributed by atoms with Gasteiger partial charge in [-0.15, -0.1) is 0 Å². The molecule has 2 amide bonds. The molecular formula is C23H20N4O3. The van der Waals surface area contributed by atoms with Crippen LogP contribution in [-0.2, 0) is 6.54 Å². The van der Waals surface area contributed by atoms with Crippen molar-refractivity contribution in [2.24, 2.45) is 0 Å². The summed E-state index contributed by atoms with van der Waals surface area (Å²) in [5.74, 6) is -0.442. The maximum atomic E-state index is 13.1. The van der Waals surface area contributed by atoms with Crippen LogP contribution >= 0.6 is 0 Å². The number of aromatic nitrogens is 2. The first-order chi connectivity index (χ1) is 14.6. The summed E-state index contributed by atoms with van der Waals surface area (Å²) in [7, 11) is 1.58. The molecule has 2 heterocycles. The van der Waals surface area contributed by atoms with Gasteiger partial charge in [0.1, 0.15) is 0 Å². The minimum absolute atomic E-state index is 0.174. The molecule has 150 valence electrons. The van der Waals surface area contributed by atoms with Gasteiger partial charge in [0.15, 0.2) is 0 Å². The number of hydrogen-bond acceptors (Lipinski definition) is 5. The number of carbonyl (C=O) groups is 2. The smallest absolute Gasteiger partial charge is 0.259 e. The van der Waals surface area contributed by atoms with Crippen LogP contribution in [0.25, 0.3) is 22.4 Å². The molecular weight excluding hydrogens is 380 g/mol. The third-order valence-electron chi connectivity index (χ3n) is 4.80. The summed E-state index contributed by atoms with van der Waals surface area (Å²) in [5.41, 5.74) is 4.23. The third-order valence-corrected chi connectivity index (χ3v) is 4.80. The van der Waals surface area contributed by atoms with E-state index in [1.165, 1.54) is 0 Å². The number of hydrogen-bond donors (Lipinski definition) is 2. The highest BCUT2D eigenvalue weighted by molar-refractivity contribution is 6.07. The van der Waals surface area contributed by atoms with Gasteiger partial charge < -0.3 is 15.2 Å². The molecule has 2 N–H and O–H groups in total. The van der Waals surface area contributed by atoms with Crippen molar-refractivity contribution in [3.8, 4) is 11.3 Å². The van der Waals surface area contributed by atoms with Crippen LogP contribution in [0.2, 0.25) is 0 Å². The first-order valence-electron chi connectivity index (χ1n) is 9.48. The molecule has 0 saturated heterocycles. The van der Waals surface area contributed by atoms with Crippen LogP contribution in [0.5, 0.6) is 0 Å². The Labute approximate surface area is 173 Å². The molecule has 0 unspecified atom stereocenters. The third kappa shape index (κ3) is 3.77. The van der Waals surface area contributed by atoms with E-state index in [2.05, 4.69) is 20.8 Å². The lowest BCUT2D eigenvalue weighted by atomic mass is 10.0. The average Bonchev–Trinajstić information content (AvgIpc) is 3.17. The van der Waals surface area contributed by atoms with Gasteiger partial charge in [0.2, 0.25) is 0 Å². The molecule has 0 spiro atoms. The molecule has 7 nitrogen and oxygen atoms in total. The van der Waals surface area contributed by atoms with E-state index in [9.17, 15) is 9.59 Å². The van der Waals surface area contributed by atoms with Crippen molar-refractivity contribution < 1.29 is 14.1 Å². The molecule has 0 aliphatic rings. The fourth-order valence-electron chi connectivity index (χ4n) is 3.28. The predicted octanol–water partition coefficient (Wildman–Crippen LogP) is 3.49. The molecule has 2 aromatic carbocycles. The summed E-state index contributed by atoms with van der Waals surface area (Å²) in [6.07, 6.45) is 0. The molecule has 0 fully saturated rings. The molecule has 2 aromatic heterocycles. The highest BCUT2D eigenvalue weighted by Gasteiger charge is 2.19. The molecule has 0 bridgehead atoms. The Morgan fingerprint density at radius 2 is 1.80 bits per heavy atom. The van der Waals surface area contributed by atoms with E-state index in [4.69, 9.17) is 4.52 Å². The largest absolute Gasteiger partial charge is 0.355 e. The van der Waals surface area contributed by atoms with Crippen LogP contribution < -0.4 is 10.6 Å². The Bertz CT molecular complexity index is 1230. The number of nitrogens with one attached hydrogen (secondary N) is 2. The van der Waals surface area contributed by atoms with Crippen molar-refractivity contribution in [2.45, 2.75) is 13.5 Å². The Morgan fingerprint density at radius 3 is 2.57 bits per heavy atom. The summed E-state index contributed by atoms with van der Waals surface area (Å²) in [6, 6.07) is 18.4. The zero-order chi connectivity index (χ0) is 21.1. The molecule has 7 heteroatoms. The first kappa shape index (κ1) is 19.3. The first-order valence-corrected chi connectivity index (χ1v) is 9.48. The Hall–Kier alpha value is -4.00. The zero-order valence-corrected chi connectivity index (χ0v) is 16.6. The molecule has 0 radical (unpaired) electrons. The van der Waals surface area contributed by atoms with Crippen LogP contribution in [0, 0.1) is 6.92 Å². The van der Waals surface area contributed by atoms with Gasteiger partial charge in [-0.1, -0.05) is 47.6 Å². The molecule has 0 aliphatic heterocycles. The molecule has 4 aromatic rings. The summed E-state index contributed by atoms with van der Waals surface area (Å²) >= 11 is 0. The molecule has 0 saturated carbocycles. The van der Waals surface area contributed by atoms with Crippen molar-refractivity contribution in [1.82, 2.24) is 20.8 Å². The lowest BCUT2D eigenvalue weighted by molar-refractivity contribution is 0.0950. The van der Waals surface area contributed by atoms with Gasteiger partial charge in [0.25, 0.3) is 17.5 Å². The van der Waals surface area contributed by atoms with Crippen LogP contribution in [-0.4, -0.2) is 29.0 Å². The topological polar surface area (TPSA) is 97.1 Å². The standard InChI is InChI=1S/C23H20N4O3/c1-14-20-18(12-19(26-23(20)30-27-14)16-8-4-3-5-9-16)22(29)25-13-15-7-6-10-17(11-15)21(28)24-2/h3-12H,13H2,1-2H3,(H,24,28)(H,25,29). The van der Waals surface area contributed by atoms with Crippen molar-refractivity contribution in [2.75, 3.05) is 7.05 Å². The van der Waals surface area contributed by atoms with Gasteiger partial charge in [0, 0.05) is 24.7 Å². The summed E-state index contributed by atoms with van der Waals surface area (Å²) < 4.78 is 5.33. The van der Waals surface area contributed by atoms with E-state index in [0.717, 1.165) is 11.1 Å². The molecule has 0 atom stereocenters. The Morgan fingerprint density at radius 1 is 1.00 bits per heavy atom. The maximum absolute atomic E-state index is 13.1. The number of pyridine rings is 1. The molecule has 4 rings (SSSR count). The SMILES string of the molecule is CNC(=O)c1cccc(CNC(=O)c2cc(-c3ccccc3)nc3onc(C)c23)c1. The summed E-state index contributed by atoms with van der Waals surface area (Å²) in [6.45, 7) is 2.05. The predicted molar refractivity (Wildman–Crippen MR) is 113 cm³/mol. The lowest BCUT2D eigenvalue weighted by Crippen LogP contribution is -2.24. The van der Waals surface area contributed by atoms with Gasteiger partial charge in [-0.05, 0) is 30.7 Å². The number of fused-ring (bicyclic) bond motifs is 1. The zero-order valence-electron chi connectivity index (χ0n) is 16.6. The number of amides is 2. The second kappa shape index (κ2) is 8.16. The maximum Gasteiger partial charge on any atom is 0.259 e. The van der Waals surface area contributed by atoms with Crippen LogP contribution in [0.1, 0.15) is 32.0 Å². The van der Waals surface area contributed by atoms with Crippen LogP contribution in [0.3, 0.4) is 0 Å². The minimum Gasteiger partial charge on any atom is -0.355 e. The van der Waals surface area contributed by atoms with Crippen molar-refractivity contribution in [3.05, 3.63) is 83.0 Å². The van der Waals surface area contributed by atoms with Gasteiger partial charge in [-0.2, -0.15) is 0 Å². The second-order valence-corrected chi connectivity index (χ2v) is 6.83. The number of carbonyl (C=O) groups excluding carboxylic acids is 2. The van der Waals surface area contributed by atoms with Gasteiger partial charge >= 0.3 is 0 Å². The molecule has 30 heavy (non-hydrogen) atoms. The van der Waals surface area contributed by atoms with E-state index < -0.39 is 0 Å². The molecule has 0 aliphatic carbocycles. The highest BCUT2D eigenvalue weighted by Crippen LogP contribution is 2.27. The van der Waals surface area contributed by atoms with Gasteiger partial charge in [-0.3, -0.25) is 9.59 Å². The fraction of sp³-hybridized carbons (Fsp3) is 0.130. The van der Waals surface area contributed by atoms with E-state index in [1.54, 1.807) is 38.2 Å².